The van der Waals surface area contributed by atoms with E-state index in [0.717, 1.165) is 19.3 Å². The quantitative estimate of drug-likeness (QED) is 0.870. The predicted molar refractivity (Wildman–Crippen MR) is 76.9 cm³/mol. The number of carbonyl (C=O) groups is 1. The van der Waals surface area contributed by atoms with Crippen molar-refractivity contribution < 1.29 is 18.8 Å². The lowest BCUT2D eigenvalue weighted by atomic mass is 9.96. The van der Waals surface area contributed by atoms with Gasteiger partial charge in [0.05, 0.1) is 6.10 Å². The van der Waals surface area contributed by atoms with Crippen LogP contribution in [0, 0.1) is 5.92 Å². The van der Waals surface area contributed by atoms with Crippen LogP contribution in [0.15, 0.2) is 10.6 Å². The third kappa shape index (κ3) is 4.82. The predicted octanol–water partition coefficient (Wildman–Crippen LogP) is 2.14. The zero-order chi connectivity index (χ0) is 15.2. The van der Waals surface area contributed by atoms with Crippen LogP contribution in [-0.2, 0) is 16.1 Å². The average molecular weight is 296 g/mol. The van der Waals surface area contributed by atoms with E-state index >= 15 is 0 Å². The molecule has 2 rings (SSSR count). The molecular weight excluding hydrogens is 272 g/mol. The highest BCUT2D eigenvalue weighted by Crippen LogP contribution is 2.20. The molecule has 0 bridgehead atoms. The summed E-state index contributed by atoms with van der Waals surface area (Å²) in [5.41, 5.74) is 0.300. The SMILES string of the molecule is COCc1cc(C(=O)N[C@@H]2CCO[C@@H](CC(C)C)C2)no1. The summed E-state index contributed by atoms with van der Waals surface area (Å²) in [5, 5.41) is 6.78. The molecule has 0 aliphatic carbocycles. The number of amides is 1. The average Bonchev–Trinajstić information content (AvgIpc) is 2.87. The minimum absolute atomic E-state index is 0.137. The van der Waals surface area contributed by atoms with Gasteiger partial charge in [-0.05, 0) is 25.2 Å². The minimum atomic E-state index is -0.198. The molecule has 0 saturated carbocycles. The standard InChI is InChI=1S/C15H24N2O4/c1-10(2)6-12-7-11(4-5-20-12)16-15(18)14-8-13(9-19-3)21-17-14/h8,10-12H,4-7,9H2,1-3H3,(H,16,18)/t11-,12+/m1/s1. The fourth-order valence-electron chi connectivity index (χ4n) is 2.59. The monoisotopic (exact) mass is 296 g/mol. The van der Waals surface area contributed by atoms with E-state index in [9.17, 15) is 4.79 Å². The van der Waals surface area contributed by atoms with Crippen LogP contribution in [0.4, 0.5) is 0 Å². The summed E-state index contributed by atoms with van der Waals surface area (Å²) in [6.07, 6.45) is 2.94. The maximum absolute atomic E-state index is 12.1. The molecule has 0 spiro atoms. The summed E-state index contributed by atoms with van der Waals surface area (Å²) in [7, 11) is 1.57. The van der Waals surface area contributed by atoms with Crippen LogP contribution in [0.5, 0.6) is 0 Å². The lowest BCUT2D eigenvalue weighted by molar-refractivity contribution is -0.00851. The number of rotatable bonds is 6. The van der Waals surface area contributed by atoms with Gasteiger partial charge in [-0.15, -0.1) is 0 Å². The first-order valence-corrected chi connectivity index (χ1v) is 7.45. The molecule has 1 aliphatic heterocycles. The van der Waals surface area contributed by atoms with Crippen LogP contribution < -0.4 is 5.32 Å². The van der Waals surface area contributed by atoms with Gasteiger partial charge in [0, 0.05) is 25.8 Å². The number of aromatic nitrogens is 1. The van der Waals surface area contributed by atoms with Crippen LogP contribution in [0.2, 0.25) is 0 Å². The van der Waals surface area contributed by atoms with Crippen molar-refractivity contribution in [3.8, 4) is 0 Å². The topological polar surface area (TPSA) is 73.6 Å². The second kappa shape index (κ2) is 7.56. The highest BCUT2D eigenvalue weighted by atomic mass is 16.5. The molecule has 0 unspecified atom stereocenters. The number of nitrogens with zero attached hydrogens (tertiary/aromatic N) is 1. The van der Waals surface area contributed by atoms with E-state index in [1.807, 2.05) is 0 Å². The summed E-state index contributed by atoms with van der Waals surface area (Å²) in [6, 6.07) is 1.75. The number of hydrogen-bond donors (Lipinski definition) is 1. The molecule has 1 N–H and O–H groups in total. The van der Waals surface area contributed by atoms with E-state index in [0.29, 0.717) is 30.6 Å². The van der Waals surface area contributed by atoms with E-state index in [4.69, 9.17) is 14.0 Å². The number of carbonyl (C=O) groups excluding carboxylic acids is 1. The molecule has 1 saturated heterocycles. The number of hydrogen-bond acceptors (Lipinski definition) is 5. The molecule has 1 fully saturated rings. The highest BCUT2D eigenvalue weighted by Gasteiger charge is 2.25. The van der Waals surface area contributed by atoms with Crippen molar-refractivity contribution in [3.63, 3.8) is 0 Å². The first-order valence-electron chi connectivity index (χ1n) is 7.45. The Labute approximate surface area is 125 Å². The molecule has 1 aromatic heterocycles. The van der Waals surface area contributed by atoms with Crippen LogP contribution in [0.3, 0.4) is 0 Å². The summed E-state index contributed by atoms with van der Waals surface area (Å²) in [6.45, 7) is 5.36. The van der Waals surface area contributed by atoms with Crippen molar-refractivity contribution in [2.45, 2.75) is 51.9 Å². The molecule has 21 heavy (non-hydrogen) atoms. The van der Waals surface area contributed by atoms with Crippen LogP contribution in [0.25, 0.3) is 0 Å². The zero-order valence-electron chi connectivity index (χ0n) is 12.9. The Morgan fingerprint density at radius 3 is 3.10 bits per heavy atom. The first-order chi connectivity index (χ1) is 10.1. The third-order valence-corrected chi connectivity index (χ3v) is 3.51. The van der Waals surface area contributed by atoms with Gasteiger partial charge in [0.2, 0.25) is 0 Å². The highest BCUT2D eigenvalue weighted by molar-refractivity contribution is 5.92. The van der Waals surface area contributed by atoms with Gasteiger partial charge in [-0.25, -0.2) is 0 Å². The van der Waals surface area contributed by atoms with Gasteiger partial charge in [0.1, 0.15) is 6.61 Å². The van der Waals surface area contributed by atoms with Crippen molar-refractivity contribution in [2.75, 3.05) is 13.7 Å². The van der Waals surface area contributed by atoms with Crippen LogP contribution >= 0.6 is 0 Å². The van der Waals surface area contributed by atoms with Gasteiger partial charge in [-0.2, -0.15) is 0 Å². The Bertz CT molecular complexity index is 458. The number of nitrogens with one attached hydrogen (secondary N) is 1. The second-order valence-electron chi connectivity index (χ2n) is 5.93. The van der Waals surface area contributed by atoms with Crippen molar-refractivity contribution in [1.29, 1.82) is 0 Å². The molecule has 6 nitrogen and oxygen atoms in total. The molecule has 2 heterocycles. The molecule has 6 heteroatoms. The fourth-order valence-corrected chi connectivity index (χ4v) is 2.59. The smallest absolute Gasteiger partial charge is 0.273 e. The van der Waals surface area contributed by atoms with Gasteiger partial charge in [0.15, 0.2) is 11.5 Å². The van der Waals surface area contributed by atoms with Gasteiger partial charge in [-0.3, -0.25) is 4.79 Å². The molecule has 1 aromatic rings. The Kier molecular flexibility index (Phi) is 5.76. The van der Waals surface area contributed by atoms with Gasteiger partial charge >= 0.3 is 0 Å². The molecular formula is C15H24N2O4. The molecule has 2 atom stereocenters. The molecule has 1 aliphatic rings. The van der Waals surface area contributed by atoms with Crippen LogP contribution in [-0.4, -0.2) is 36.9 Å². The Morgan fingerprint density at radius 1 is 1.57 bits per heavy atom. The molecule has 1 amide bonds. The lowest BCUT2D eigenvalue weighted by Gasteiger charge is -2.30. The van der Waals surface area contributed by atoms with Crippen molar-refractivity contribution >= 4 is 5.91 Å². The molecule has 0 aromatic carbocycles. The Balaban J connectivity index is 1.86. The Morgan fingerprint density at radius 2 is 2.38 bits per heavy atom. The van der Waals surface area contributed by atoms with Crippen molar-refractivity contribution in [1.82, 2.24) is 10.5 Å². The fraction of sp³-hybridized carbons (Fsp3) is 0.733. The maximum atomic E-state index is 12.1. The van der Waals surface area contributed by atoms with Gasteiger partial charge in [0.25, 0.3) is 5.91 Å². The summed E-state index contributed by atoms with van der Waals surface area (Å²) < 4.78 is 15.7. The van der Waals surface area contributed by atoms with E-state index in [-0.39, 0.29) is 18.1 Å². The molecule has 118 valence electrons. The van der Waals surface area contributed by atoms with Gasteiger partial charge in [-0.1, -0.05) is 19.0 Å². The minimum Gasteiger partial charge on any atom is -0.378 e. The zero-order valence-corrected chi connectivity index (χ0v) is 12.9. The first kappa shape index (κ1) is 16.0. The van der Waals surface area contributed by atoms with Crippen LogP contribution in [0.1, 0.15) is 49.4 Å². The summed E-state index contributed by atoms with van der Waals surface area (Å²) >= 11 is 0. The maximum Gasteiger partial charge on any atom is 0.273 e. The van der Waals surface area contributed by atoms with Crippen molar-refractivity contribution in [3.05, 3.63) is 17.5 Å². The van der Waals surface area contributed by atoms with Gasteiger partial charge < -0.3 is 19.3 Å². The second-order valence-corrected chi connectivity index (χ2v) is 5.93. The molecule has 0 radical (unpaired) electrons. The largest absolute Gasteiger partial charge is 0.378 e. The summed E-state index contributed by atoms with van der Waals surface area (Å²) in [5.74, 6) is 0.945. The number of ether oxygens (including phenoxy) is 2. The normalized spacial score (nSPS) is 22.5. The van der Waals surface area contributed by atoms with E-state index < -0.39 is 0 Å². The lowest BCUT2D eigenvalue weighted by Crippen LogP contribution is -2.42. The number of methoxy groups -OCH3 is 1. The summed E-state index contributed by atoms with van der Waals surface area (Å²) in [4.78, 5) is 12.1. The Hall–Kier alpha value is -1.40. The van der Waals surface area contributed by atoms with E-state index in [1.54, 1.807) is 13.2 Å². The van der Waals surface area contributed by atoms with Crippen molar-refractivity contribution in [2.24, 2.45) is 5.92 Å². The van der Waals surface area contributed by atoms with E-state index in [2.05, 4.69) is 24.3 Å². The van der Waals surface area contributed by atoms with E-state index in [1.165, 1.54) is 0 Å². The third-order valence-electron chi connectivity index (χ3n) is 3.51.